The molecule has 1 saturated heterocycles. The number of aliphatic hydroxyl groups is 1. The van der Waals surface area contributed by atoms with Crippen LogP contribution in [0.4, 0.5) is 0 Å². The van der Waals surface area contributed by atoms with E-state index in [0.29, 0.717) is 25.5 Å². The second kappa shape index (κ2) is 4.41. The van der Waals surface area contributed by atoms with Gasteiger partial charge in [-0.1, -0.05) is 0 Å². The zero-order chi connectivity index (χ0) is 10.7. The van der Waals surface area contributed by atoms with E-state index in [4.69, 9.17) is 9.84 Å². The third-order valence-corrected chi connectivity index (χ3v) is 2.43. The van der Waals surface area contributed by atoms with Crippen molar-refractivity contribution >= 4 is 5.91 Å². The fraction of sp³-hybridized carbons (Fsp3) is 0.556. The molecular weight excluding hydrogens is 198 g/mol. The van der Waals surface area contributed by atoms with Crippen molar-refractivity contribution in [3.8, 4) is 0 Å². The van der Waals surface area contributed by atoms with Crippen LogP contribution in [0.1, 0.15) is 10.5 Å². The molecule has 1 amide bonds. The van der Waals surface area contributed by atoms with E-state index in [2.05, 4.69) is 10.2 Å². The molecule has 0 saturated carbocycles. The molecule has 2 N–H and O–H groups in total. The number of rotatable bonds is 2. The van der Waals surface area contributed by atoms with Gasteiger partial charge in [-0.2, -0.15) is 5.10 Å². The Morgan fingerprint density at radius 1 is 1.80 bits per heavy atom. The molecule has 1 unspecified atom stereocenters. The SMILES string of the molecule is O=C(c1ccn[nH]1)N1CCOCC1CO. The molecule has 0 bridgehead atoms. The highest BCUT2D eigenvalue weighted by molar-refractivity contribution is 5.92. The number of ether oxygens (including phenoxy) is 1. The van der Waals surface area contributed by atoms with E-state index in [0.717, 1.165) is 0 Å². The van der Waals surface area contributed by atoms with Crippen LogP contribution in [0.5, 0.6) is 0 Å². The maximum Gasteiger partial charge on any atom is 0.272 e. The molecule has 6 heteroatoms. The Labute approximate surface area is 86.8 Å². The summed E-state index contributed by atoms with van der Waals surface area (Å²) >= 11 is 0. The smallest absolute Gasteiger partial charge is 0.272 e. The Morgan fingerprint density at radius 3 is 3.33 bits per heavy atom. The highest BCUT2D eigenvalue weighted by Gasteiger charge is 2.27. The average molecular weight is 211 g/mol. The molecule has 2 rings (SSSR count). The van der Waals surface area contributed by atoms with Crippen molar-refractivity contribution in [2.75, 3.05) is 26.4 Å². The van der Waals surface area contributed by atoms with E-state index in [1.54, 1.807) is 11.0 Å². The second-order valence-corrected chi connectivity index (χ2v) is 3.38. The van der Waals surface area contributed by atoms with Gasteiger partial charge in [-0.25, -0.2) is 0 Å². The van der Waals surface area contributed by atoms with Gasteiger partial charge in [0.1, 0.15) is 5.69 Å². The van der Waals surface area contributed by atoms with Crippen LogP contribution >= 0.6 is 0 Å². The number of hydrogen-bond acceptors (Lipinski definition) is 4. The van der Waals surface area contributed by atoms with E-state index in [1.807, 2.05) is 0 Å². The highest BCUT2D eigenvalue weighted by Crippen LogP contribution is 2.10. The molecule has 0 spiro atoms. The van der Waals surface area contributed by atoms with E-state index < -0.39 is 0 Å². The first-order valence-corrected chi connectivity index (χ1v) is 4.82. The van der Waals surface area contributed by atoms with Crippen LogP contribution in [-0.2, 0) is 4.74 Å². The highest BCUT2D eigenvalue weighted by atomic mass is 16.5. The summed E-state index contributed by atoms with van der Waals surface area (Å²) in [4.78, 5) is 13.5. The minimum atomic E-state index is -0.255. The number of aromatic nitrogens is 2. The monoisotopic (exact) mass is 211 g/mol. The Bertz CT molecular complexity index is 325. The summed E-state index contributed by atoms with van der Waals surface area (Å²) in [6.45, 7) is 1.32. The third kappa shape index (κ3) is 2.00. The minimum absolute atomic E-state index is 0.0835. The molecule has 15 heavy (non-hydrogen) atoms. The number of nitrogens with zero attached hydrogens (tertiary/aromatic N) is 2. The number of carbonyl (C=O) groups excluding carboxylic acids is 1. The second-order valence-electron chi connectivity index (χ2n) is 3.38. The Hall–Kier alpha value is -1.40. The van der Waals surface area contributed by atoms with Crippen LogP contribution in [0.2, 0.25) is 0 Å². The van der Waals surface area contributed by atoms with Gasteiger partial charge in [0.05, 0.1) is 25.9 Å². The zero-order valence-corrected chi connectivity index (χ0v) is 8.22. The lowest BCUT2D eigenvalue weighted by Crippen LogP contribution is -2.50. The molecule has 82 valence electrons. The van der Waals surface area contributed by atoms with E-state index in [9.17, 15) is 4.79 Å². The third-order valence-electron chi connectivity index (χ3n) is 2.43. The van der Waals surface area contributed by atoms with Gasteiger partial charge in [0.2, 0.25) is 0 Å². The van der Waals surface area contributed by atoms with E-state index >= 15 is 0 Å². The van der Waals surface area contributed by atoms with Gasteiger partial charge in [0.15, 0.2) is 0 Å². The predicted molar refractivity (Wildman–Crippen MR) is 51.3 cm³/mol. The number of nitrogens with one attached hydrogen (secondary N) is 1. The first-order chi connectivity index (χ1) is 7.33. The molecule has 1 aliphatic heterocycles. The van der Waals surface area contributed by atoms with Gasteiger partial charge >= 0.3 is 0 Å². The van der Waals surface area contributed by atoms with Gasteiger partial charge < -0.3 is 14.7 Å². The lowest BCUT2D eigenvalue weighted by atomic mass is 10.2. The van der Waals surface area contributed by atoms with Crippen molar-refractivity contribution in [3.05, 3.63) is 18.0 Å². The number of carbonyl (C=O) groups is 1. The molecule has 1 atom stereocenters. The lowest BCUT2D eigenvalue weighted by Gasteiger charge is -2.34. The number of H-pyrrole nitrogens is 1. The Kier molecular flexibility index (Phi) is 2.98. The molecule has 1 aliphatic rings. The van der Waals surface area contributed by atoms with Gasteiger partial charge in [-0.05, 0) is 6.07 Å². The first kappa shape index (κ1) is 10.1. The summed E-state index contributed by atoms with van der Waals surface area (Å²) in [7, 11) is 0. The van der Waals surface area contributed by atoms with Gasteiger partial charge in [-0.15, -0.1) is 0 Å². The topological polar surface area (TPSA) is 78.5 Å². The summed E-state index contributed by atoms with van der Waals surface area (Å²) in [5, 5.41) is 15.4. The van der Waals surface area contributed by atoms with Crippen molar-refractivity contribution in [2.45, 2.75) is 6.04 Å². The number of hydrogen-bond donors (Lipinski definition) is 2. The summed E-state index contributed by atoms with van der Waals surface area (Å²) < 4.78 is 5.19. The molecule has 0 radical (unpaired) electrons. The summed E-state index contributed by atoms with van der Waals surface area (Å²) in [5.41, 5.74) is 0.440. The first-order valence-electron chi connectivity index (χ1n) is 4.82. The average Bonchev–Trinajstić information content (AvgIpc) is 2.81. The summed E-state index contributed by atoms with van der Waals surface area (Å²) in [5.74, 6) is -0.144. The van der Waals surface area contributed by atoms with Crippen LogP contribution in [0.25, 0.3) is 0 Å². The van der Waals surface area contributed by atoms with Crippen molar-refractivity contribution in [2.24, 2.45) is 0 Å². The molecule has 1 aromatic heterocycles. The lowest BCUT2D eigenvalue weighted by molar-refractivity contribution is -0.0186. The molecule has 6 nitrogen and oxygen atoms in total. The van der Waals surface area contributed by atoms with E-state index in [-0.39, 0.29) is 18.6 Å². The van der Waals surface area contributed by atoms with Gasteiger partial charge in [0.25, 0.3) is 5.91 Å². The Morgan fingerprint density at radius 2 is 2.67 bits per heavy atom. The number of amides is 1. The van der Waals surface area contributed by atoms with Crippen LogP contribution in [-0.4, -0.2) is 58.5 Å². The Balaban J connectivity index is 2.11. The molecule has 1 fully saturated rings. The molecule has 0 aromatic carbocycles. The molecule has 2 heterocycles. The molecule has 0 aliphatic carbocycles. The minimum Gasteiger partial charge on any atom is -0.394 e. The van der Waals surface area contributed by atoms with Crippen LogP contribution in [0.3, 0.4) is 0 Å². The fourth-order valence-electron chi connectivity index (χ4n) is 1.60. The van der Waals surface area contributed by atoms with Crippen LogP contribution in [0.15, 0.2) is 12.3 Å². The number of morpholine rings is 1. The maximum atomic E-state index is 11.9. The van der Waals surface area contributed by atoms with Crippen molar-refractivity contribution in [1.29, 1.82) is 0 Å². The van der Waals surface area contributed by atoms with Crippen molar-refractivity contribution in [3.63, 3.8) is 0 Å². The number of aliphatic hydroxyl groups excluding tert-OH is 1. The standard InChI is InChI=1S/C9H13N3O3/c13-5-7-6-15-4-3-12(7)9(14)8-1-2-10-11-8/h1-2,7,13H,3-6H2,(H,10,11). The molecule has 1 aromatic rings. The van der Waals surface area contributed by atoms with Gasteiger partial charge in [-0.3, -0.25) is 9.89 Å². The zero-order valence-electron chi connectivity index (χ0n) is 8.22. The molecular formula is C9H13N3O3. The van der Waals surface area contributed by atoms with Crippen LogP contribution < -0.4 is 0 Å². The summed E-state index contributed by atoms with van der Waals surface area (Å²) in [6.07, 6.45) is 1.53. The van der Waals surface area contributed by atoms with Gasteiger partial charge in [0, 0.05) is 12.7 Å². The number of aromatic amines is 1. The summed E-state index contributed by atoms with van der Waals surface area (Å²) in [6, 6.07) is 1.36. The quantitative estimate of drug-likeness (QED) is 0.674. The fourth-order valence-corrected chi connectivity index (χ4v) is 1.60. The van der Waals surface area contributed by atoms with E-state index in [1.165, 1.54) is 6.20 Å². The normalized spacial score (nSPS) is 21.7. The largest absolute Gasteiger partial charge is 0.394 e. The predicted octanol–water partition coefficient (Wildman–Crippen LogP) is -0.757. The van der Waals surface area contributed by atoms with Crippen molar-refractivity contribution < 1.29 is 14.6 Å². The van der Waals surface area contributed by atoms with Crippen molar-refractivity contribution in [1.82, 2.24) is 15.1 Å². The maximum absolute atomic E-state index is 11.9. The van der Waals surface area contributed by atoms with Crippen LogP contribution in [0, 0.1) is 0 Å².